The van der Waals surface area contributed by atoms with Gasteiger partial charge in [-0.15, -0.1) is 9.46 Å². The molecule has 0 bridgehead atoms. The van der Waals surface area contributed by atoms with Crippen molar-refractivity contribution < 1.29 is 28.4 Å². The lowest BCUT2D eigenvalue weighted by molar-refractivity contribution is 0.0281. The van der Waals surface area contributed by atoms with Crippen LogP contribution < -0.4 is 19.1 Å². The number of aromatic nitrogens is 2. The van der Waals surface area contributed by atoms with E-state index in [0.717, 1.165) is 43.4 Å². The Balaban J connectivity index is 1.54. The van der Waals surface area contributed by atoms with Gasteiger partial charge in [-0.05, 0) is 98.2 Å². The van der Waals surface area contributed by atoms with Crippen LogP contribution in [-0.4, -0.2) is 63.0 Å². The van der Waals surface area contributed by atoms with Crippen molar-refractivity contribution in [3.05, 3.63) is 69.9 Å². The third-order valence-corrected chi connectivity index (χ3v) is 11.9. The second kappa shape index (κ2) is 15.9. The van der Waals surface area contributed by atoms with E-state index in [1.165, 1.54) is 23.6 Å². The SMILES string of the molecule is CC[C@H](C)CS(=O)(=NC(=O)c1ccc2c(c1)N(C[C@@H]1CC[C@H]1[C@H](C)O)Cc1ccc(Cl)cc1CCCCO2)NC(=O)c1cn(C)nc1OC. The lowest BCUT2D eigenvalue weighted by Crippen LogP contribution is -2.42. The van der Waals surface area contributed by atoms with E-state index < -0.39 is 27.8 Å². The molecule has 3 aromatic rings. The maximum absolute atomic E-state index is 14.3. The molecule has 1 unspecified atom stereocenters. The smallest absolute Gasteiger partial charge is 0.286 e. The summed E-state index contributed by atoms with van der Waals surface area (Å²) in [6.45, 7) is 7.39. The first kappa shape index (κ1) is 36.7. The topological polar surface area (TPSA) is 135 Å². The number of halogens is 1. The van der Waals surface area contributed by atoms with E-state index in [9.17, 15) is 18.9 Å². The number of hydrogen-bond acceptors (Lipinski definition) is 8. The van der Waals surface area contributed by atoms with Gasteiger partial charge in [0.25, 0.3) is 11.8 Å². The minimum Gasteiger partial charge on any atom is -0.491 e. The number of nitrogens with one attached hydrogen (secondary N) is 1. The van der Waals surface area contributed by atoms with E-state index in [1.54, 1.807) is 25.2 Å². The molecule has 2 N–H and O–H groups in total. The lowest BCUT2D eigenvalue weighted by Gasteiger charge is -2.42. The minimum atomic E-state index is -3.55. The van der Waals surface area contributed by atoms with Crippen molar-refractivity contribution in [3.63, 3.8) is 0 Å². The second-order valence-electron chi connectivity index (χ2n) is 13.4. The molecule has 0 saturated heterocycles. The number of aliphatic hydroxyl groups is 1. The Labute approximate surface area is 294 Å². The number of amides is 2. The molecular formula is C36H48ClN5O6S. The summed E-state index contributed by atoms with van der Waals surface area (Å²) in [6, 6.07) is 11.1. The van der Waals surface area contributed by atoms with E-state index in [4.69, 9.17) is 21.1 Å². The van der Waals surface area contributed by atoms with Crippen molar-refractivity contribution in [2.45, 2.75) is 71.9 Å². The van der Waals surface area contributed by atoms with E-state index in [2.05, 4.69) is 25.1 Å². The minimum absolute atomic E-state index is 0.00844. The van der Waals surface area contributed by atoms with Crippen molar-refractivity contribution in [1.29, 1.82) is 0 Å². The molecule has 5 rings (SSSR count). The third-order valence-electron chi connectivity index (χ3n) is 9.65. The van der Waals surface area contributed by atoms with Gasteiger partial charge in [0.05, 0.1) is 31.3 Å². The molecule has 5 atom stereocenters. The van der Waals surface area contributed by atoms with Gasteiger partial charge in [-0.25, -0.2) is 4.21 Å². The molecule has 0 spiro atoms. The highest BCUT2D eigenvalue weighted by molar-refractivity contribution is 7.92. The molecule has 13 heteroatoms. The van der Waals surface area contributed by atoms with Gasteiger partial charge in [-0.2, -0.15) is 0 Å². The number of methoxy groups -OCH3 is 1. The zero-order chi connectivity index (χ0) is 35.3. The largest absolute Gasteiger partial charge is 0.491 e. The first-order valence-corrected chi connectivity index (χ1v) is 19.1. The Hall–Kier alpha value is -3.61. The highest BCUT2D eigenvalue weighted by Gasteiger charge is 2.36. The summed E-state index contributed by atoms with van der Waals surface area (Å²) >= 11 is 6.42. The van der Waals surface area contributed by atoms with Gasteiger partial charge in [0.1, 0.15) is 21.2 Å². The first-order valence-electron chi connectivity index (χ1n) is 17.1. The summed E-state index contributed by atoms with van der Waals surface area (Å²) in [5, 5.41) is 15.3. The standard InChI is InChI=1S/C36H48ClN5O6S/c1-6-23(2)22-49(46,40-35(45)31-21-41(4)38-36(31)47-5)39-34(44)26-12-15-33-32(18-26)42(20-28-11-14-30(28)24(3)43)19-27-10-13-29(37)17-25(27)9-7-8-16-48-33/h10,12-13,15,17-18,21,23-24,28,30,43H,6-9,11,14,16,19-20,22H2,1-5H3,(H,39,40,44,45,46)/t23-,24-,28-,30-,49?/m0/s1. The molecule has 1 aliphatic heterocycles. The highest BCUT2D eigenvalue weighted by Crippen LogP contribution is 2.41. The summed E-state index contributed by atoms with van der Waals surface area (Å²) in [4.78, 5) is 29.5. The van der Waals surface area contributed by atoms with Gasteiger partial charge in [-0.3, -0.25) is 19.0 Å². The van der Waals surface area contributed by atoms with Gasteiger partial charge in [-0.1, -0.05) is 37.9 Å². The number of benzene rings is 2. The van der Waals surface area contributed by atoms with Crippen molar-refractivity contribution >= 4 is 39.0 Å². The van der Waals surface area contributed by atoms with Crippen molar-refractivity contribution in [3.8, 4) is 11.6 Å². The van der Waals surface area contributed by atoms with Crippen molar-refractivity contribution in [2.24, 2.45) is 29.2 Å². The molecule has 0 radical (unpaired) electrons. The van der Waals surface area contributed by atoms with Gasteiger partial charge in [0, 0.05) is 36.9 Å². The third kappa shape index (κ3) is 8.95. The van der Waals surface area contributed by atoms with Gasteiger partial charge >= 0.3 is 0 Å². The molecule has 266 valence electrons. The monoisotopic (exact) mass is 713 g/mol. The Morgan fingerprint density at radius 1 is 1.18 bits per heavy atom. The van der Waals surface area contributed by atoms with Crippen LogP contribution in [0.15, 0.2) is 47.0 Å². The van der Waals surface area contributed by atoms with Gasteiger partial charge in [0.15, 0.2) is 0 Å². The summed E-state index contributed by atoms with van der Waals surface area (Å²) in [5.41, 5.74) is 3.35. The summed E-state index contributed by atoms with van der Waals surface area (Å²) in [5.74, 6) is -0.344. The normalized spacial score (nSPS) is 20.2. The van der Waals surface area contributed by atoms with Crippen LogP contribution in [-0.2, 0) is 29.9 Å². The maximum Gasteiger partial charge on any atom is 0.286 e. The number of fused-ring (bicyclic) bond motifs is 2. The van der Waals surface area contributed by atoms with Crippen LogP contribution in [0.4, 0.5) is 5.69 Å². The van der Waals surface area contributed by atoms with Crippen LogP contribution in [0.25, 0.3) is 0 Å². The molecule has 2 aromatic carbocycles. The van der Waals surface area contributed by atoms with Crippen LogP contribution >= 0.6 is 11.6 Å². The number of rotatable bonds is 10. The maximum atomic E-state index is 14.3. The number of nitrogens with zero attached hydrogens (tertiary/aromatic N) is 4. The van der Waals surface area contributed by atoms with Crippen LogP contribution in [0.2, 0.25) is 5.02 Å². The van der Waals surface area contributed by atoms with Gasteiger partial charge in [0.2, 0.25) is 5.88 Å². The molecule has 2 aliphatic rings. The second-order valence-corrected chi connectivity index (χ2v) is 15.8. The van der Waals surface area contributed by atoms with Crippen LogP contribution in [0, 0.1) is 17.8 Å². The number of aliphatic hydroxyl groups excluding tert-OH is 1. The van der Waals surface area contributed by atoms with Crippen molar-refractivity contribution in [2.75, 3.05) is 30.9 Å². The van der Waals surface area contributed by atoms with Crippen LogP contribution in [0.3, 0.4) is 0 Å². The zero-order valence-corrected chi connectivity index (χ0v) is 30.6. The molecule has 1 aliphatic carbocycles. The van der Waals surface area contributed by atoms with E-state index in [0.29, 0.717) is 36.9 Å². The zero-order valence-electron chi connectivity index (χ0n) is 29.0. The average Bonchev–Trinajstić information content (AvgIpc) is 3.42. The quantitative estimate of drug-likeness (QED) is 0.253. The van der Waals surface area contributed by atoms with Crippen molar-refractivity contribution in [1.82, 2.24) is 14.5 Å². The number of hydrogen-bond donors (Lipinski definition) is 2. The predicted molar refractivity (Wildman–Crippen MR) is 192 cm³/mol. The predicted octanol–water partition coefficient (Wildman–Crippen LogP) is 6.21. The molecule has 1 saturated carbocycles. The highest BCUT2D eigenvalue weighted by atomic mass is 35.5. The Morgan fingerprint density at radius 3 is 2.67 bits per heavy atom. The van der Waals surface area contributed by atoms with Crippen LogP contribution in [0.1, 0.15) is 84.7 Å². The molecular weight excluding hydrogens is 666 g/mol. The fraction of sp³-hybridized carbons (Fsp3) is 0.528. The number of aryl methyl sites for hydroxylation is 2. The number of carbonyl (C=O) groups excluding carboxylic acids is 2. The Bertz CT molecular complexity index is 1780. The average molecular weight is 714 g/mol. The molecule has 2 amide bonds. The Morgan fingerprint density at radius 2 is 1.98 bits per heavy atom. The first-order chi connectivity index (χ1) is 23.4. The van der Waals surface area contributed by atoms with E-state index in [1.807, 2.05) is 32.9 Å². The lowest BCUT2D eigenvalue weighted by atomic mass is 9.70. The van der Waals surface area contributed by atoms with E-state index in [-0.39, 0.29) is 40.5 Å². The molecule has 11 nitrogen and oxygen atoms in total. The Kier molecular flexibility index (Phi) is 11.9. The fourth-order valence-corrected chi connectivity index (χ4v) is 8.74. The number of anilines is 1. The summed E-state index contributed by atoms with van der Waals surface area (Å²) < 4.78 is 34.0. The fourth-order valence-electron chi connectivity index (χ4n) is 6.56. The molecule has 1 fully saturated rings. The summed E-state index contributed by atoms with van der Waals surface area (Å²) in [7, 11) is -0.512. The molecule has 1 aromatic heterocycles. The molecule has 2 heterocycles. The summed E-state index contributed by atoms with van der Waals surface area (Å²) in [6.07, 6.45) is 6.32. The number of carbonyl (C=O) groups is 2. The van der Waals surface area contributed by atoms with Crippen LogP contribution in [0.5, 0.6) is 11.6 Å². The molecule has 49 heavy (non-hydrogen) atoms. The number of ether oxygens (including phenoxy) is 2. The van der Waals surface area contributed by atoms with E-state index >= 15 is 0 Å². The van der Waals surface area contributed by atoms with Gasteiger partial charge < -0.3 is 19.5 Å².